The van der Waals surface area contributed by atoms with Crippen molar-refractivity contribution in [3.8, 4) is 11.1 Å². The normalized spacial score (nSPS) is 23.8. The summed E-state index contributed by atoms with van der Waals surface area (Å²) >= 11 is 0. The van der Waals surface area contributed by atoms with E-state index < -0.39 is 18.2 Å². The van der Waals surface area contributed by atoms with E-state index in [9.17, 15) is 9.59 Å². The van der Waals surface area contributed by atoms with Crippen LogP contribution in [0.2, 0.25) is 0 Å². The number of ether oxygens (including phenoxy) is 1. The molecular weight excluding hydrogens is 318 g/mol. The largest absolute Gasteiger partial charge is 0.479 e. The number of carbonyl (C=O) groups is 2. The zero-order valence-electron chi connectivity index (χ0n) is 13.9. The number of hydrogen-bond acceptors (Lipinski definition) is 3. The molecule has 2 aromatic rings. The second kappa shape index (κ2) is 6.01. The number of carbonyl (C=O) groups excluding carboxylic acids is 1. The van der Waals surface area contributed by atoms with E-state index in [0.717, 1.165) is 6.42 Å². The van der Waals surface area contributed by atoms with Crippen LogP contribution in [0.1, 0.15) is 24.5 Å². The highest BCUT2D eigenvalue weighted by Gasteiger charge is 2.40. The van der Waals surface area contributed by atoms with E-state index in [1.807, 2.05) is 30.3 Å². The molecule has 4 rings (SSSR count). The summed E-state index contributed by atoms with van der Waals surface area (Å²) < 4.78 is 5.40. The van der Waals surface area contributed by atoms with Crippen LogP contribution in [0.4, 0.5) is 5.69 Å². The number of aliphatic carboxylic acids is 1. The molecule has 1 amide bonds. The Hall–Kier alpha value is -2.66. The molecule has 5 heteroatoms. The Morgan fingerprint density at radius 1 is 1.12 bits per heavy atom. The molecular formula is C20H19NO4. The predicted molar refractivity (Wildman–Crippen MR) is 93.4 cm³/mol. The van der Waals surface area contributed by atoms with Crippen LogP contribution in [0.25, 0.3) is 11.1 Å². The van der Waals surface area contributed by atoms with Crippen molar-refractivity contribution in [1.29, 1.82) is 0 Å². The zero-order valence-corrected chi connectivity index (χ0v) is 13.9. The van der Waals surface area contributed by atoms with Crippen LogP contribution in [-0.2, 0) is 20.7 Å². The number of anilines is 1. The summed E-state index contributed by atoms with van der Waals surface area (Å²) in [6.45, 7) is 1.79. The highest BCUT2D eigenvalue weighted by Crippen LogP contribution is 2.37. The van der Waals surface area contributed by atoms with Crippen molar-refractivity contribution in [1.82, 2.24) is 0 Å². The maximum atomic E-state index is 12.4. The first-order valence-corrected chi connectivity index (χ1v) is 8.43. The van der Waals surface area contributed by atoms with Gasteiger partial charge in [0.15, 0.2) is 6.10 Å². The van der Waals surface area contributed by atoms with E-state index in [2.05, 4.69) is 17.4 Å². The van der Waals surface area contributed by atoms with E-state index >= 15 is 0 Å². The Morgan fingerprint density at radius 3 is 2.64 bits per heavy atom. The molecule has 0 spiro atoms. The highest BCUT2D eigenvalue weighted by molar-refractivity contribution is 5.95. The Kier molecular flexibility index (Phi) is 3.81. The second-order valence-electron chi connectivity index (χ2n) is 6.79. The standard InChI is InChI=1S/C20H19NO4/c1-11-8-17(25-18(11)20(23)24)19(22)21-14-6-7-16-13(10-14)9-12-4-2-3-5-15(12)16/h2-7,10-11,17-18H,8-9H2,1H3,(H,21,22)(H,23,24)/t11-,17-,18-/m1/s1. The number of nitrogens with one attached hydrogen (secondary N) is 1. The molecule has 1 saturated heterocycles. The summed E-state index contributed by atoms with van der Waals surface area (Å²) in [7, 11) is 0. The number of carboxylic acid groups (broad SMARTS) is 1. The van der Waals surface area contributed by atoms with Crippen molar-refractivity contribution in [2.75, 3.05) is 5.32 Å². The minimum Gasteiger partial charge on any atom is -0.479 e. The van der Waals surface area contributed by atoms with E-state index in [0.29, 0.717) is 12.1 Å². The summed E-state index contributed by atoms with van der Waals surface area (Å²) in [5, 5.41) is 12.0. The third-order valence-corrected chi connectivity index (χ3v) is 5.01. The lowest BCUT2D eigenvalue weighted by Gasteiger charge is -2.12. The highest BCUT2D eigenvalue weighted by atomic mass is 16.5. The van der Waals surface area contributed by atoms with Crippen molar-refractivity contribution < 1.29 is 19.4 Å². The van der Waals surface area contributed by atoms with Crippen molar-refractivity contribution in [2.24, 2.45) is 5.92 Å². The maximum absolute atomic E-state index is 12.4. The topological polar surface area (TPSA) is 75.6 Å². The van der Waals surface area contributed by atoms with Crippen molar-refractivity contribution >= 4 is 17.6 Å². The lowest BCUT2D eigenvalue weighted by atomic mass is 10.0. The van der Waals surface area contributed by atoms with Gasteiger partial charge in [-0.3, -0.25) is 4.79 Å². The second-order valence-corrected chi connectivity index (χ2v) is 6.79. The molecule has 1 aliphatic carbocycles. The SMILES string of the molecule is C[C@@H]1C[C@H](C(=O)Nc2ccc3c(c2)Cc2ccccc2-3)O[C@H]1C(=O)O. The minimum atomic E-state index is -1.02. The molecule has 25 heavy (non-hydrogen) atoms. The fraction of sp³-hybridized carbons (Fsp3) is 0.300. The van der Waals surface area contributed by atoms with Crippen LogP contribution >= 0.6 is 0 Å². The fourth-order valence-electron chi connectivity index (χ4n) is 3.74. The first-order chi connectivity index (χ1) is 12.0. The molecule has 5 nitrogen and oxygen atoms in total. The zero-order chi connectivity index (χ0) is 17.6. The Morgan fingerprint density at radius 2 is 1.88 bits per heavy atom. The van der Waals surface area contributed by atoms with Gasteiger partial charge in [0.05, 0.1) is 0 Å². The van der Waals surface area contributed by atoms with Gasteiger partial charge in [-0.25, -0.2) is 4.79 Å². The summed E-state index contributed by atoms with van der Waals surface area (Å²) in [6.07, 6.45) is -0.362. The van der Waals surface area contributed by atoms with Crippen molar-refractivity contribution in [3.63, 3.8) is 0 Å². The molecule has 128 valence electrons. The molecule has 1 fully saturated rings. The molecule has 3 atom stereocenters. The number of rotatable bonds is 3. The molecule has 0 aromatic heterocycles. The van der Waals surface area contributed by atoms with E-state index in [-0.39, 0.29) is 11.8 Å². The van der Waals surface area contributed by atoms with E-state index in [1.54, 1.807) is 6.92 Å². The first-order valence-electron chi connectivity index (χ1n) is 8.43. The predicted octanol–water partition coefficient (Wildman–Crippen LogP) is 3.07. The van der Waals surface area contributed by atoms with E-state index in [4.69, 9.17) is 9.84 Å². The molecule has 2 aromatic carbocycles. The van der Waals surface area contributed by atoms with Crippen LogP contribution in [0.15, 0.2) is 42.5 Å². The van der Waals surface area contributed by atoms with E-state index in [1.165, 1.54) is 22.3 Å². The summed E-state index contributed by atoms with van der Waals surface area (Å²) in [5.74, 6) is -1.48. The lowest BCUT2D eigenvalue weighted by molar-refractivity contribution is -0.152. The number of amides is 1. The fourth-order valence-corrected chi connectivity index (χ4v) is 3.74. The van der Waals surface area contributed by atoms with Gasteiger partial charge in [-0.1, -0.05) is 37.3 Å². The average molecular weight is 337 g/mol. The monoisotopic (exact) mass is 337 g/mol. The third kappa shape index (κ3) is 2.81. The minimum absolute atomic E-state index is 0.178. The number of benzene rings is 2. The molecule has 0 radical (unpaired) electrons. The lowest BCUT2D eigenvalue weighted by Crippen LogP contribution is -2.30. The van der Waals surface area contributed by atoms with Gasteiger partial charge in [0.1, 0.15) is 6.10 Å². The van der Waals surface area contributed by atoms with Gasteiger partial charge in [0, 0.05) is 5.69 Å². The Balaban J connectivity index is 1.49. The van der Waals surface area contributed by atoms with Gasteiger partial charge in [-0.05, 0) is 53.1 Å². The van der Waals surface area contributed by atoms with Gasteiger partial charge in [0.25, 0.3) is 5.91 Å². The van der Waals surface area contributed by atoms with Gasteiger partial charge in [-0.2, -0.15) is 0 Å². The molecule has 0 unspecified atom stereocenters. The van der Waals surface area contributed by atoms with Gasteiger partial charge >= 0.3 is 5.97 Å². The van der Waals surface area contributed by atoms with Gasteiger partial charge < -0.3 is 15.2 Å². The smallest absolute Gasteiger partial charge is 0.333 e. The van der Waals surface area contributed by atoms with Crippen LogP contribution in [0.5, 0.6) is 0 Å². The van der Waals surface area contributed by atoms with Crippen LogP contribution in [-0.4, -0.2) is 29.2 Å². The quantitative estimate of drug-likeness (QED) is 0.770. The first kappa shape index (κ1) is 15.8. The number of fused-ring (bicyclic) bond motifs is 3. The summed E-state index contributed by atoms with van der Waals surface area (Å²) in [4.78, 5) is 23.5. The molecule has 0 saturated carbocycles. The van der Waals surface area contributed by atoms with Crippen LogP contribution < -0.4 is 5.32 Å². The number of hydrogen-bond donors (Lipinski definition) is 2. The third-order valence-electron chi connectivity index (χ3n) is 5.01. The average Bonchev–Trinajstić information content (AvgIpc) is 3.15. The van der Waals surface area contributed by atoms with Crippen molar-refractivity contribution in [3.05, 3.63) is 53.6 Å². The molecule has 2 aliphatic rings. The molecule has 1 aliphatic heterocycles. The molecule has 0 bridgehead atoms. The Bertz CT molecular complexity index is 861. The number of carboxylic acids is 1. The van der Waals surface area contributed by atoms with Crippen LogP contribution in [0.3, 0.4) is 0 Å². The van der Waals surface area contributed by atoms with Crippen LogP contribution in [0, 0.1) is 5.92 Å². The maximum Gasteiger partial charge on any atom is 0.333 e. The van der Waals surface area contributed by atoms with Crippen molar-refractivity contribution in [2.45, 2.75) is 32.0 Å². The summed E-state index contributed by atoms with van der Waals surface area (Å²) in [5.41, 5.74) is 5.63. The van der Waals surface area contributed by atoms with Gasteiger partial charge in [-0.15, -0.1) is 0 Å². The summed E-state index contributed by atoms with van der Waals surface area (Å²) in [6, 6.07) is 14.2. The molecule has 2 N–H and O–H groups in total. The van der Waals surface area contributed by atoms with Gasteiger partial charge in [0.2, 0.25) is 0 Å². The molecule has 1 heterocycles. The Labute approximate surface area is 145 Å².